The molecule has 204 valence electrons. The Kier molecular flexibility index (Phi) is 7.33. The molecule has 4 aromatic rings. The number of aromatic nitrogens is 1. The van der Waals surface area contributed by atoms with E-state index in [0.717, 1.165) is 40.7 Å². The fraction of sp³-hybridized carbons (Fsp3) is 0.281. The number of hydrogen-bond donors (Lipinski definition) is 3. The highest BCUT2D eigenvalue weighted by Crippen LogP contribution is 2.29. The average molecular weight is 537 g/mol. The first kappa shape index (κ1) is 25.8. The van der Waals surface area contributed by atoms with E-state index in [2.05, 4.69) is 15.6 Å². The van der Waals surface area contributed by atoms with Gasteiger partial charge in [0.05, 0.1) is 5.92 Å². The van der Waals surface area contributed by atoms with E-state index < -0.39 is 6.10 Å². The van der Waals surface area contributed by atoms with Crippen molar-refractivity contribution in [1.29, 1.82) is 0 Å². The Morgan fingerprint density at radius 3 is 2.50 bits per heavy atom. The van der Waals surface area contributed by atoms with Gasteiger partial charge in [-0.15, -0.1) is 0 Å². The van der Waals surface area contributed by atoms with E-state index in [1.165, 1.54) is 0 Å². The van der Waals surface area contributed by atoms with Crippen molar-refractivity contribution >= 4 is 34.4 Å². The fourth-order valence-electron chi connectivity index (χ4n) is 5.60. The highest BCUT2D eigenvalue weighted by molar-refractivity contribution is 6.04. The summed E-state index contributed by atoms with van der Waals surface area (Å²) >= 11 is 0. The Bertz CT molecular complexity index is 1540. The number of rotatable bonds is 7. The summed E-state index contributed by atoms with van der Waals surface area (Å²) in [7, 11) is 0. The molecular weight excluding hydrogens is 504 g/mol. The summed E-state index contributed by atoms with van der Waals surface area (Å²) < 4.78 is 5.98. The van der Waals surface area contributed by atoms with E-state index in [0.29, 0.717) is 43.6 Å². The molecule has 40 heavy (non-hydrogen) atoms. The fourth-order valence-corrected chi connectivity index (χ4v) is 5.60. The van der Waals surface area contributed by atoms with Crippen LogP contribution in [0.25, 0.3) is 10.9 Å². The number of benzene rings is 3. The molecule has 8 heteroatoms. The topological polar surface area (TPSA) is 104 Å². The summed E-state index contributed by atoms with van der Waals surface area (Å²) in [6.45, 7) is 2.35. The number of anilines is 1. The monoisotopic (exact) mass is 536 g/mol. The van der Waals surface area contributed by atoms with Crippen LogP contribution in [0.3, 0.4) is 0 Å². The molecule has 3 heterocycles. The third kappa shape index (κ3) is 5.49. The molecule has 0 bridgehead atoms. The number of nitrogens with one attached hydrogen (secondary N) is 3. The van der Waals surface area contributed by atoms with E-state index in [-0.39, 0.29) is 23.7 Å². The Hall–Kier alpha value is -4.43. The van der Waals surface area contributed by atoms with Gasteiger partial charge in [0.15, 0.2) is 6.10 Å². The standard InChI is InChI=1S/C32H32N4O4/c37-30(21-6-2-1-3-7-21)35-26-11-10-23-19-36(20-25(23)16-26)31(38)29(40-32(39)22-12-14-33-15-13-22)17-24-18-34-28-9-5-4-8-27(24)28/h1-11,16,18,22,29,33-34H,12-15,17,19-20H2,(H,35,37). The zero-order valence-corrected chi connectivity index (χ0v) is 22.2. The van der Waals surface area contributed by atoms with Gasteiger partial charge in [-0.3, -0.25) is 14.4 Å². The Morgan fingerprint density at radius 2 is 1.68 bits per heavy atom. The Balaban J connectivity index is 1.19. The van der Waals surface area contributed by atoms with E-state index in [4.69, 9.17) is 4.74 Å². The van der Waals surface area contributed by atoms with Crippen LogP contribution in [-0.2, 0) is 33.8 Å². The van der Waals surface area contributed by atoms with Crippen molar-refractivity contribution in [2.75, 3.05) is 18.4 Å². The summed E-state index contributed by atoms with van der Waals surface area (Å²) in [4.78, 5) is 44.7. The lowest BCUT2D eigenvalue weighted by molar-refractivity contribution is -0.164. The number of carbonyl (C=O) groups excluding carboxylic acids is 3. The van der Waals surface area contributed by atoms with Crippen molar-refractivity contribution in [3.8, 4) is 0 Å². The van der Waals surface area contributed by atoms with Gasteiger partial charge in [-0.2, -0.15) is 0 Å². The van der Waals surface area contributed by atoms with Crippen LogP contribution in [0, 0.1) is 5.92 Å². The van der Waals surface area contributed by atoms with Crippen molar-refractivity contribution in [3.63, 3.8) is 0 Å². The summed E-state index contributed by atoms with van der Waals surface area (Å²) in [6.07, 6.45) is 2.68. The molecule has 1 fully saturated rings. The SMILES string of the molecule is O=C(Nc1ccc2c(c1)CN(C(=O)C(Cc1c[nH]c3ccccc13)OC(=O)C1CCNCC1)C2)c1ccccc1. The molecule has 1 unspecified atom stereocenters. The van der Waals surface area contributed by atoms with Crippen molar-refractivity contribution in [2.24, 2.45) is 5.92 Å². The van der Waals surface area contributed by atoms with E-state index in [9.17, 15) is 14.4 Å². The Labute approximate surface area is 232 Å². The minimum atomic E-state index is -0.923. The molecule has 0 saturated carbocycles. The highest BCUT2D eigenvalue weighted by atomic mass is 16.5. The third-order valence-corrected chi connectivity index (χ3v) is 7.82. The molecule has 1 saturated heterocycles. The van der Waals surface area contributed by atoms with E-state index >= 15 is 0 Å². The molecule has 2 aliphatic heterocycles. The largest absolute Gasteiger partial charge is 0.452 e. The van der Waals surface area contributed by atoms with Gasteiger partial charge in [0, 0.05) is 47.9 Å². The minimum Gasteiger partial charge on any atom is -0.452 e. The molecule has 0 spiro atoms. The van der Waals surface area contributed by atoms with Gasteiger partial charge in [-0.25, -0.2) is 0 Å². The second-order valence-electron chi connectivity index (χ2n) is 10.5. The zero-order chi connectivity index (χ0) is 27.5. The molecule has 3 aromatic carbocycles. The lowest BCUT2D eigenvalue weighted by atomic mass is 9.98. The first-order valence-electron chi connectivity index (χ1n) is 13.8. The number of aromatic amines is 1. The van der Waals surface area contributed by atoms with Gasteiger partial charge in [0.2, 0.25) is 0 Å². The van der Waals surface area contributed by atoms with Gasteiger partial charge in [-0.1, -0.05) is 42.5 Å². The number of ether oxygens (including phenoxy) is 1. The maximum absolute atomic E-state index is 13.9. The lowest BCUT2D eigenvalue weighted by Crippen LogP contribution is -2.42. The molecular formula is C32H32N4O4. The molecule has 1 aromatic heterocycles. The number of carbonyl (C=O) groups is 3. The molecule has 6 rings (SSSR count). The van der Waals surface area contributed by atoms with Gasteiger partial charge in [0.1, 0.15) is 0 Å². The van der Waals surface area contributed by atoms with Gasteiger partial charge in [-0.05, 0) is 73.0 Å². The maximum Gasteiger partial charge on any atom is 0.309 e. The normalized spacial score (nSPS) is 15.9. The summed E-state index contributed by atoms with van der Waals surface area (Å²) in [5.41, 5.74) is 5.16. The van der Waals surface area contributed by atoms with Crippen molar-refractivity contribution < 1.29 is 19.1 Å². The molecule has 0 radical (unpaired) electrons. The number of piperidine rings is 1. The van der Waals surface area contributed by atoms with E-state index in [1.807, 2.05) is 66.9 Å². The van der Waals surface area contributed by atoms with Gasteiger partial charge < -0.3 is 25.3 Å². The summed E-state index contributed by atoms with van der Waals surface area (Å²) in [6, 6.07) is 22.7. The summed E-state index contributed by atoms with van der Waals surface area (Å²) in [5, 5.41) is 7.23. The predicted molar refractivity (Wildman–Crippen MR) is 153 cm³/mol. The smallest absolute Gasteiger partial charge is 0.309 e. The zero-order valence-electron chi connectivity index (χ0n) is 22.2. The van der Waals surface area contributed by atoms with Crippen LogP contribution in [0.5, 0.6) is 0 Å². The van der Waals surface area contributed by atoms with Crippen LogP contribution in [0.4, 0.5) is 5.69 Å². The molecule has 1 atom stereocenters. The summed E-state index contributed by atoms with van der Waals surface area (Å²) in [5.74, 6) is -0.901. The molecule has 8 nitrogen and oxygen atoms in total. The van der Waals surface area contributed by atoms with E-state index in [1.54, 1.807) is 17.0 Å². The number of amides is 2. The first-order chi connectivity index (χ1) is 19.5. The number of para-hydroxylation sites is 1. The molecule has 2 aliphatic rings. The van der Waals surface area contributed by atoms with Gasteiger partial charge >= 0.3 is 5.97 Å². The predicted octanol–water partition coefficient (Wildman–Crippen LogP) is 4.42. The van der Waals surface area contributed by atoms with Crippen LogP contribution < -0.4 is 10.6 Å². The Morgan fingerprint density at radius 1 is 0.925 bits per heavy atom. The number of fused-ring (bicyclic) bond motifs is 2. The average Bonchev–Trinajstić information content (AvgIpc) is 3.61. The molecule has 0 aliphatic carbocycles. The van der Waals surface area contributed by atoms with Crippen LogP contribution >= 0.6 is 0 Å². The second-order valence-corrected chi connectivity index (χ2v) is 10.5. The van der Waals surface area contributed by atoms with Crippen molar-refractivity contribution in [3.05, 3.63) is 101 Å². The number of esters is 1. The number of nitrogens with zero attached hydrogens (tertiary/aromatic N) is 1. The molecule has 2 amide bonds. The maximum atomic E-state index is 13.9. The quantitative estimate of drug-likeness (QED) is 0.304. The first-order valence-corrected chi connectivity index (χ1v) is 13.8. The number of H-pyrrole nitrogens is 1. The van der Waals surface area contributed by atoms with Crippen LogP contribution in [-0.4, -0.2) is 46.9 Å². The second kappa shape index (κ2) is 11.4. The van der Waals surface area contributed by atoms with Crippen LogP contribution in [0.2, 0.25) is 0 Å². The van der Waals surface area contributed by atoms with Gasteiger partial charge in [0.25, 0.3) is 11.8 Å². The minimum absolute atomic E-state index is 0.185. The van der Waals surface area contributed by atoms with Crippen LogP contribution in [0.1, 0.15) is 39.9 Å². The highest BCUT2D eigenvalue weighted by Gasteiger charge is 2.34. The molecule has 3 N–H and O–H groups in total. The van der Waals surface area contributed by atoms with Crippen LogP contribution in [0.15, 0.2) is 79.0 Å². The third-order valence-electron chi connectivity index (χ3n) is 7.82. The lowest BCUT2D eigenvalue weighted by Gasteiger charge is -2.26. The number of hydrogen-bond acceptors (Lipinski definition) is 5. The van der Waals surface area contributed by atoms with Crippen molar-refractivity contribution in [2.45, 2.75) is 38.5 Å². The van der Waals surface area contributed by atoms with Crippen molar-refractivity contribution in [1.82, 2.24) is 15.2 Å².